The highest BCUT2D eigenvalue weighted by atomic mass is 32.1. The van der Waals surface area contributed by atoms with Crippen molar-refractivity contribution < 1.29 is 0 Å². The van der Waals surface area contributed by atoms with E-state index in [1.165, 1.54) is 0 Å². The molecule has 0 aliphatic heterocycles. The van der Waals surface area contributed by atoms with Gasteiger partial charge in [0.25, 0.3) is 0 Å². The summed E-state index contributed by atoms with van der Waals surface area (Å²) in [7, 11) is 3.91. The van der Waals surface area contributed by atoms with Crippen molar-refractivity contribution in [2.24, 2.45) is 0 Å². The lowest BCUT2D eigenvalue weighted by atomic mass is 10.1. The van der Waals surface area contributed by atoms with E-state index in [1.54, 1.807) is 11.3 Å². The topological polar surface area (TPSA) is 55.0 Å². The van der Waals surface area contributed by atoms with Crippen LogP contribution >= 0.6 is 11.3 Å². The molecule has 4 nitrogen and oxygen atoms in total. The first kappa shape index (κ1) is 10.9. The normalized spacial score (nSPS) is 10.4. The first-order chi connectivity index (χ1) is 7.59. The first-order valence-electron chi connectivity index (χ1n) is 4.96. The second kappa shape index (κ2) is 4.09. The van der Waals surface area contributed by atoms with Crippen LogP contribution in [0.25, 0.3) is 10.6 Å². The summed E-state index contributed by atoms with van der Waals surface area (Å²) in [4.78, 5) is 1.95. The molecule has 0 atom stereocenters. The fourth-order valence-electron chi connectivity index (χ4n) is 1.39. The molecule has 0 spiro atoms. The van der Waals surface area contributed by atoms with Crippen LogP contribution in [0.4, 0.5) is 10.8 Å². The predicted octanol–water partition coefficient (Wildman–Crippen LogP) is 2.16. The lowest BCUT2D eigenvalue weighted by Crippen LogP contribution is -2.07. The molecule has 0 unspecified atom stereocenters. The number of hydrogen-bond acceptors (Lipinski definition) is 5. The van der Waals surface area contributed by atoms with Crippen molar-refractivity contribution in [3.63, 3.8) is 0 Å². The number of hydrogen-bond donors (Lipinski definition) is 1. The van der Waals surface area contributed by atoms with E-state index in [4.69, 9.17) is 5.73 Å². The average Bonchev–Trinajstić information content (AvgIpc) is 2.71. The number of aromatic nitrogens is 2. The molecule has 0 saturated heterocycles. The van der Waals surface area contributed by atoms with Crippen LogP contribution in [0.2, 0.25) is 0 Å². The van der Waals surface area contributed by atoms with Crippen LogP contribution in [-0.2, 0) is 0 Å². The largest absolute Gasteiger partial charge is 0.398 e. The van der Waals surface area contributed by atoms with Gasteiger partial charge in [0.1, 0.15) is 5.01 Å². The van der Waals surface area contributed by atoms with Crippen molar-refractivity contribution >= 4 is 22.2 Å². The summed E-state index contributed by atoms with van der Waals surface area (Å²) in [6.45, 7) is 2.00. The minimum atomic E-state index is 0.791. The predicted molar refractivity (Wildman–Crippen MR) is 68.8 cm³/mol. The molecule has 0 aliphatic rings. The molecule has 84 valence electrons. The minimum absolute atomic E-state index is 0.791. The molecule has 2 aromatic rings. The Balaban J connectivity index is 2.47. The minimum Gasteiger partial charge on any atom is -0.398 e. The molecule has 5 heteroatoms. The second-order valence-electron chi connectivity index (χ2n) is 3.80. The lowest BCUT2D eigenvalue weighted by Gasteiger charge is -2.05. The molecule has 1 heterocycles. The van der Waals surface area contributed by atoms with Crippen molar-refractivity contribution in [1.82, 2.24) is 10.2 Å². The Hall–Kier alpha value is -1.62. The van der Waals surface area contributed by atoms with Gasteiger partial charge in [-0.3, -0.25) is 0 Å². The Bertz CT molecular complexity index is 504. The van der Waals surface area contributed by atoms with Crippen LogP contribution in [0.1, 0.15) is 5.56 Å². The second-order valence-corrected chi connectivity index (χ2v) is 4.76. The van der Waals surface area contributed by atoms with Crippen LogP contribution in [0.3, 0.4) is 0 Å². The van der Waals surface area contributed by atoms with Gasteiger partial charge < -0.3 is 10.6 Å². The van der Waals surface area contributed by atoms with Gasteiger partial charge in [-0.25, -0.2) is 0 Å². The number of anilines is 2. The summed E-state index contributed by atoms with van der Waals surface area (Å²) in [5.74, 6) is 0. The molecule has 0 fully saturated rings. The molecule has 0 saturated carbocycles. The molecule has 1 aromatic heterocycles. The third-order valence-corrected chi connectivity index (χ3v) is 3.53. The van der Waals surface area contributed by atoms with Gasteiger partial charge in [-0.05, 0) is 18.6 Å². The molecule has 0 bridgehead atoms. The Labute approximate surface area is 98.7 Å². The van der Waals surface area contributed by atoms with Crippen molar-refractivity contribution in [3.05, 3.63) is 23.8 Å². The third-order valence-electron chi connectivity index (χ3n) is 2.40. The maximum Gasteiger partial charge on any atom is 0.208 e. The zero-order valence-corrected chi connectivity index (χ0v) is 10.4. The number of nitrogen functional groups attached to an aromatic ring is 1. The van der Waals surface area contributed by atoms with Crippen molar-refractivity contribution in [1.29, 1.82) is 0 Å². The quantitative estimate of drug-likeness (QED) is 0.809. The smallest absolute Gasteiger partial charge is 0.208 e. The van der Waals surface area contributed by atoms with Crippen molar-refractivity contribution in [2.45, 2.75) is 6.92 Å². The summed E-state index contributed by atoms with van der Waals surface area (Å²) in [6, 6.07) is 5.85. The number of nitrogens with zero attached hydrogens (tertiary/aromatic N) is 3. The molecule has 0 amide bonds. The monoisotopic (exact) mass is 234 g/mol. The SMILES string of the molecule is Cc1c(N)cccc1-c1nnc(N(C)C)s1. The van der Waals surface area contributed by atoms with Crippen LogP contribution in [0.5, 0.6) is 0 Å². The van der Waals surface area contributed by atoms with Crippen LogP contribution in [0, 0.1) is 6.92 Å². The average molecular weight is 234 g/mol. The number of nitrogens with two attached hydrogens (primary N) is 1. The van der Waals surface area contributed by atoms with Crippen LogP contribution in [-0.4, -0.2) is 24.3 Å². The third kappa shape index (κ3) is 1.86. The summed E-state index contributed by atoms with van der Waals surface area (Å²) < 4.78 is 0. The van der Waals surface area contributed by atoms with E-state index in [1.807, 2.05) is 44.1 Å². The molecular weight excluding hydrogens is 220 g/mol. The highest BCUT2D eigenvalue weighted by molar-refractivity contribution is 7.18. The maximum atomic E-state index is 5.87. The van der Waals surface area contributed by atoms with Gasteiger partial charge in [-0.15, -0.1) is 10.2 Å². The Morgan fingerprint density at radius 3 is 2.62 bits per heavy atom. The molecule has 1 aromatic carbocycles. The summed E-state index contributed by atoms with van der Waals surface area (Å²) in [5.41, 5.74) is 8.78. The van der Waals surface area contributed by atoms with Crippen LogP contribution in [0.15, 0.2) is 18.2 Å². The Kier molecular flexibility index (Phi) is 2.78. The number of rotatable bonds is 2. The van der Waals surface area contributed by atoms with E-state index in [0.29, 0.717) is 0 Å². The van der Waals surface area contributed by atoms with Gasteiger partial charge in [0, 0.05) is 25.3 Å². The Morgan fingerprint density at radius 1 is 1.25 bits per heavy atom. The Morgan fingerprint density at radius 2 is 2.00 bits per heavy atom. The fraction of sp³-hybridized carbons (Fsp3) is 0.273. The molecule has 0 aliphatic carbocycles. The van der Waals surface area contributed by atoms with Crippen LogP contribution < -0.4 is 10.6 Å². The van der Waals surface area contributed by atoms with E-state index < -0.39 is 0 Å². The van der Waals surface area contributed by atoms with E-state index in [2.05, 4.69) is 10.2 Å². The van der Waals surface area contributed by atoms with Gasteiger partial charge in [-0.1, -0.05) is 23.5 Å². The van der Waals surface area contributed by atoms with E-state index in [9.17, 15) is 0 Å². The summed E-state index contributed by atoms with van der Waals surface area (Å²) in [5, 5.41) is 10.1. The summed E-state index contributed by atoms with van der Waals surface area (Å²) in [6.07, 6.45) is 0. The zero-order chi connectivity index (χ0) is 11.7. The van der Waals surface area contributed by atoms with Gasteiger partial charge in [0.2, 0.25) is 5.13 Å². The molecule has 0 radical (unpaired) electrons. The van der Waals surface area contributed by atoms with Crippen molar-refractivity contribution in [3.8, 4) is 10.6 Å². The highest BCUT2D eigenvalue weighted by Crippen LogP contribution is 2.31. The van der Waals surface area contributed by atoms with Gasteiger partial charge in [0.15, 0.2) is 0 Å². The molecule has 2 rings (SSSR count). The van der Waals surface area contributed by atoms with E-state index >= 15 is 0 Å². The zero-order valence-electron chi connectivity index (χ0n) is 9.56. The highest BCUT2D eigenvalue weighted by Gasteiger charge is 2.10. The van der Waals surface area contributed by atoms with E-state index in [-0.39, 0.29) is 0 Å². The molecular formula is C11H14N4S. The molecule has 2 N–H and O–H groups in total. The van der Waals surface area contributed by atoms with Gasteiger partial charge >= 0.3 is 0 Å². The standard InChI is InChI=1S/C11H14N4S/c1-7-8(5-4-6-9(7)12)10-13-14-11(16-10)15(2)3/h4-6H,12H2,1-3H3. The fourth-order valence-corrected chi connectivity index (χ4v) is 2.24. The first-order valence-corrected chi connectivity index (χ1v) is 5.77. The van der Waals surface area contributed by atoms with Gasteiger partial charge in [0.05, 0.1) is 0 Å². The van der Waals surface area contributed by atoms with Crippen molar-refractivity contribution in [2.75, 3.05) is 24.7 Å². The maximum absolute atomic E-state index is 5.87. The lowest BCUT2D eigenvalue weighted by molar-refractivity contribution is 1.02. The summed E-state index contributed by atoms with van der Waals surface area (Å²) >= 11 is 1.57. The molecule has 16 heavy (non-hydrogen) atoms. The number of benzene rings is 1. The van der Waals surface area contributed by atoms with E-state index in [0.717, 1.165) is 27.0 Å². The van der Waals surface area contributed by atoms with Gasteiger partial charge in [-0.2, -0.15) is 0 Å².